The molecule has 0 saturated carbocycles. The molecule has 0 unspecified atom stereocenters. The van der Waals surface area contributed by atoms with Crippen molar-refractivity contribution in [3.8, 4) is 17.6 Å². The Morgan fingerprint density at radius 1 is 1.18 bits per heavy atom. The molecule has 110 valence electrons. The van der Waals surface area contributed by atoms with E-state index in [0.29, 0.717) is 28.1 Å². The molecule has 0 radical (unpaired) electrons. The van der Waals surface area contributed by atoms with E-state index in [0.717, 1.165) is 0 Å². The molecule has 1 aromatic carbocycles. The van der Waals surface area contributed by atoms with Crippen LogP contribution in [0.15, 0.2) is 30.6 Å². The third kappa shape index (κ3) is 2.33. The standard InChI is InChI=1S/C16H15N5O/c1-10(2)21-16-14(15(17)18-9-19-16)12(20-21)8-7-11-5-3-4-6-13(11)22/h3-6,9-10,22H,1-2H3,(H2,17,18,19). The maximum atomic E-state index is 9.77. The predicted molar refractivity (Wildman–Crippen MR) is 84.2 cm³/mol. The molecule has 0 atom stereocenters. The minimum absolute atomic E-state index is 0.123. The summed E-state index contributed by atoms with van der Waals surface area (Å²) in [6.07, 6.45) is 1.42. The van der Waals surface area contributed by atoms with Gasteiger partial charge in [-0.3, -0.25) is 0 Å². The zero-order chi connectivity index (χ0) is 15.7. The largest absolute Gasteiger partial charge is 0.507 e. The first-order valence-electron chi connectivity index (χ1n) is 6.86. The second kappa shape index (κ2) is 5.37. The van der Waals surface area contributed by atoms with Crippen LogP contribution in [0.5, 0.6) is 5.75 Å². The molecule has 3 N–H and O–H groups in total. The second-order valence-corrected chi connectivity index (χ2v) is 5.11. The molecular formula is C16H15N5O. The Kier molecular flexibility index (Phi) is 3.39. The third-order valence-corrected chi connectivity index (χ3v) is 3.23. The highest BCUT2D eigenvalue weighted by atomic mass is 16.3. The number of nitrogens with zero attached hydrogens (tertiary/aromatic N) is 4. The lowest BCUT2D eigenvalue weighted by atomic mass is 10.2. The van der Waals surface area contributed by atoms with E-state index in [1.54, 1.807) is 22.9 Å². The van der Waals surface area contributed by atoms with Crippen LogP contribution in [0.1, 0.15) is 31.1 Å². The van der Waals surface area contributed by atoms with Gasteiger partial charge in [-0.15, -0.1) is 0 Å². The lowest BCUT2D eigenvalue weighted by Crippen LogP contribution is -2.04. The first-order chi connectivity index (χ1) is 10.6. The van der Waals surface area contributed by atoms with Crippen LogP contribution in [0.4, 0.5) is 5.82 Å². The molecule has 22 heavy (non-hydrogen) atoms. The molecule has 6 nitrogen and oxygen atoms in total. The summed E-state index contributed by atoms with van der Waals surface area (Å²) >= 11 is 0. The summed E-state index contributed by atoms with van der Waals surface area (Å²) in [6.45, 7) is 4.01. The van der Waals surface area contributed by atoms with E-state index in [-0.39, 0.29) is 11.8 Å². The molecule has 0 saturated heterocycles. The molecule has 0 bridgehead atoms. The SMILES string of the molecule is CC(C)n1nc(C#Cc2ccccc2O)c2c(N)ncnc21. The van der Waals surface area contributed by atoms with Crippen LogP contribution >= 0.6 is 0 Å². The van der Waals surface area contributed by atoms with E-state index in [2.05, 4.69) is 26.9 Å². The fourth-order valence-electron chi connectivity index (χ4n) is 2.15. The third-order valence-electron chi connectivity index (χ3n) is 3.23. The number of para-hydroxylation sites is 1. The molecule has 3 aromatic rings. The highest BCUT2D eigenvalue weighted by molar-refractivity contribution is 5.90. The monoisotopic (exact) mass is 293 g/mol. The van der Waals surface area contributed by atoms with Gasteiger partial charge in [0.2, 0.25) is 0 Å². The minimum atomic E-state index is 0.123. The van der Waals surface area contributed by atoms with Crippen molar-refractivity contribution in [3.05, 3.63) is 41.9 Å². The Labute approximate surface area is 127 Å². The Balaban J connectivity index is 2.19. The lowest BCUT2D eigenvalue weighted by Gasteiger charge is -2.05. The van der Waals surface area contributed by atoms with Gasteiger partial charge < -0.3 is 10.8 Å². The van der Waals surface area contributed by atoms with E-state index < -0.39 is 0 Å². The fraction of sp³-hybridized carbons (Fsp3) is 0.188. The fourth-order valence-corrected chi connectivity index (χ4v) is 2.15. The van der Waals surface area contributed by atoms with E-state index in [1.165, 1.54) is 6.33 Å². The number of aromatic nitrogens is 4. The van der Waals surface area contributed by atoms with Crippen LogP contribution in [0.25, 0.3) is 11.0 Å². The van der Waals surface area contributed by atoms with Gasteiger partial charge in [-0.1, -0.05) is 18.1 Å². The molecule has 0 spiro atoms. The highest BCUT2D eigenvalue weighted by Crippen LogP contribution is 2.23. The maximum Gasteiger partial charge on any atom is 0.164 e. The van der Waals surface area contributed by atoms with Crippen molar-refractivity contribution in [3.63, 3.8) is 0 Å². The van der Waals surface area contributed by atoms with Crippen LogP contribution < -0.4 is 5.73 Å². The number of benzene rings is 1. The zero-order valence-corrected chi connectivity index (χ0v) is 12.3. The van der Waals surface area contributed by atoms with Gasteiger partial charge in [0.15, 0.2) is 5.65 Å². The number of hydrogen-bond acceptors (Lipinski definition) is 5. The molecule has 2 aromatic heterocycles. The van der Waals surface area contributed by atoms with Crippen LogP contribution in [0, 0.1) is 11.8 Å². The summed E-state index contributed by atoms with van der Waals surface area (Å²) < 4.78 is 1.77. The Bertz CT molecular complexity index is 902. The Morgan fingerprint density at radius 3 is 2.68 bits per heavy atom. The molecule has 0 amide bonds. The Hall–Kier alpha value is -3.07. The second-order valence-electron chi connectivity index (χ2n) is 5.11. The van der Waals surface area contributed by atoms with Crippen molar-refractivity contribution in [1.29, 1.82) is 0 Å². The van der Waals surface area contributed by atoms with Gasteiger partial charge in [0, 0.05) is 6.04 Å². The van der Waals surface area contributed by atoms with Crippen molar-refractivity contribution < 1.29 is 5.11 Å². The first-order valence-corrected chi connectivity index (χ1v) is 6.86. The van der Waals surface area contributed by atoms with Crippen LogP contribution in [-0.2, 0) is 0 Å². The summed E-state index contributed by atoms with van der Waals surface area (Å²) in [6, 6.07) is 7.01. The number of phenols is 1. The van der Waals surface area contributed by atoms with Crippen molar-refractivity contribution in [1.82, 2.24) is 19.7 Å². The number of aromatic hydroxyl groups is 1. The smallest absolute Gasteiger partial charge is 0.164 e. The molecule has 3 rings (SSSR count). The summed E-state index contributed by atoms with van der Waals surface area (Å²) in [5, 5.41) is 14.9. The van der Waals surface area contributed by atoms with Crippen LogP contribution in [0.2, 0.25) is 0 Å². The van der Waals surface area contributed by atoms with Gasteiger partial charge >= 0.3 is 0 Å². The van der Waals surface area contributed by atoms with Gasteiger partial charge in [-0.05, 0) is 31.9 Å². The number of phenolic OH excluding ortho intramolecular Hbond substituents is 1. The molecule has 0 aliphatic carbocycles. The number of rotatable bonds is 1. The molecule has 0 aliphatic rings. The van der Waals surface area contributed by atoms with Gasteiger partial charge in [-0.2, -0.15) is 5.10 Å². The van der Waals surface area contributed by atoms with Crippen molar-refractivity contribution in [2.45, 2.75) is 19.9 Å². The van der Waals surface area contributed by atoms with Gasteiger partial charge in [0.25, 0.3) is 0 Å². The summed E-state index contributed by atoms with van der Waals surface area (Å²) in [7, 11) is 0. The topological polar surface area (TPSA) is 89.8 Å². The molecule has 0 fully saturated rings. The quantitative estimate of drug-likeness (QED) is 0.671. The molecular weight excluding hydrogens is 278 g/mol. The molecule has 6 heteroatoms. The van der Waals surface area contributed by atoms with Crippen molar-refractivity contribution in [2.24, 2.45) is 0 Å². The van der Waals surface area contributed by atoms with E-state index in [1.807, 2.05) is 19.9 Å². The average molecular weight is 293 g/mol. The minimum Gasteiger partial charge on any atom is -0.507 e. The van der Waals surface area contributed by atoms with Crippen LogP contribution in [0.3, 0.4) is 0 Å². The number of nitrogen functional groups attached to an aromatic ring is 1. The summed E-state index contributed by atoms with van der Waals surface area (Å²) in [4.78, 5) is 8.26. The van der Waals surface area contributed by atoms with E-state index in [9.17, 15) is 5.11 Å². The summed E-state index contributed by atoms with van der Waals surface area (Å²) in [5.74, 6) is 6.35. The zero-order valence-electron chi connectivity index (χ0n) is 12.3. The number of anilines is 1. The van der Waals surface area contributed by atoms with Gasteiger partial charge in [-0.25, -0.2) is 14.6 Å². The number of nitrogens with two attached hydrogens (primary N) is 1. The highest BCUT2D eigenvalue weighted by Gasteiger charge is 2.15. The average Bonchev–Trinajstić information content (AvgIpc) is 2.87. The lowest BCUT2D eigenvalue weighted by molar-refractivity contribution is 0.473. The van der Waals surface area contributed by atoms with Crippen molar-refractivity contribution in [2.75, 3.05) is 5.73 Å². The van der Waals surface area contributed by atoms with Gasteiger partial charge in [0.1, 0.15) is 23.6 Å². The maximum absolute atomic E-state index is 9.77. The van der Waals surface area contributed by atoms with Crippen molar-refractivity contribution >= 4 is 16.9 Å². The normalized spacial score (nSPS) is 10.7. The van der Waals surface area contributed by atoms with E-state index >= 15 is 0 Å². The molecule has 0 aliphatic heterocycles. The van der Waals surface area contributed by atoms with Gasteiger partial charge in [0.05, 0.1) is 10.9 Å². The Morgan fingerprint density at radius 2 is 1.95 bits per heavy atom. The number of fused-ring (bicyclic) bond motifs is 1. The first kappa shape index (κ1) is 13.9. The van der Waals surface area contributed by atoms with Crippen LogP contribution in [-0.4, -0.2) is 24.9 Å². The predicted octanol–water partition coefficient (Wildman–Crippen LogP) is 2.09. The summed E-state index contributed by atoms with van der Waals surface area (Å²) in [5.41, 5.74) is 7.64. The van der Waals surface area contributed by atoms with E-state index in [4.69, 9.17) is 5.73 Å². The molecule has 2 heterocycles. The number of hydrogen-bond donors (Lipinski definition) is 2.